The molecule has 0 radical (unpaired) electrons. The van der Waals surface area contributed by atoms with E-state index >= 15 is 0 Å². The molecule has 0 bridgehead atoms. The lowest BCUT2D eigenvalue weighted by atomic mass is 10.00. The number of benzene rings is 1. The molecule has 0 aliphatic carbocycles. The first-order valence-corrected chi connectivity index (χ1v) is 4.56. The number of alkyl halides is 1. The molecule has 1 rings (SSSR count). The summed E-state index contributed by atoms with van der Waals surface area (Å²) in [6, 6.07) is 5.31. The highest BCUT2D eigenvalue weighted by atomic mass is 19.1. The van der Waals surface area contributed by atoms with Gasteiger partial charge in [0.05, 0.1) is 7.11 Å². The van der Waals surface area contributed by atoms with Crippen molar-refractivity contribution in [1.82, 2.24) is 0 Å². The first kappa shape index (κ1) is 11.0. The molecule has 1 unspecified atom stereocenters. The lowest BCUT2D eigenvalue weighted by molar-refractivity contribution is 0.273. The standard InChI is InChI=1S/C11H15FO2/c1-8(7-13)9-3-4-11(14-2)10(5-9)6-12/h3-5,8,13H,6-7H2,1-2H3. The van der Waals surface area contributed by atoms with Crippen molar-refractivity contribution in [1.29, 1.82) is 0 Å². The molecule has 3 heteroatoms. The molecule has 0 aliphatic heterocycles. The largest absolute Gasteiger partial charge is 0.496 e. The number of aliphatic hydroxyl groups excluding tert-OH is 1. The van der Waals surface area contributed by atoms with E-state index in [1.54, 1.807) is 12.1 Å². The van der Waals surface area contributed by atoms with Crippen LogP contribution in [0.1, 0.15) is 24.0 Å². The van der Waals surface area contributed by atoms with Gasteiger partial charge in [-0.1, -0.05) is 13.0 Å². The number of methoxy groups -OCH3 is 1. The van der Waals surface area contributed by atoms with Gasteiger partial charge in [-0.05, 0) is 17.7 Å². The minimum absolute atomic E-state index is 0.0335. The van der Waals surface area contributed by atoms with E-state index in [1.165, 1.54) is 7.11 Å². The van der Waals surface area contributed by atoms with Crippen molar-refractivity contribution in [2.75, 3.05) is 13.7 Å². The molecule has 0 fully saturated rings. The van der Waals surface area contributed by atoms with Crippen molar-refractivity contribution in [2.24, 2.45) is 0 Å². The number of halogens is 1. The van der Waals surface area contributed by atoms with Gasteiger partial charge < -0.3 is 9.84 Å². The summed E-state index contributed by atoms with van der Waals surface area (Å²) in [5, 5.41) is 8.95. The van der Waals surface area contributed by atoms with Gasteiger partial charge in [-0.2, -0.15) is 0 Å². The van der Waals surface area contributed by atoms with E-state index in [1.807, 2.05) is 13.0 Å². The molecular formula is C11H15FO2. The van der Waals surface area contributed by atoms with E-state index in [0.29, 0.717) is 11.3 Å². The van der Waals surface area contributed by atoms with Gasteiger partial charge in [0.15, 0.2) is 0 Å². The van der Waals surface area contributed by atoms with Crippen LogP contribution >= 0.6 is 0 Å². The third-order valence-electron chi connectivity index (χ3n) is 2.29. The zero-order chi connectivity index (χ0) is 10.6. The second-order valence-electron chi connectivity index (χ2n) is 3.29. The molecule has 14 heavy (non-hydrogen) atoms. The van der Waals surface area contributed by atoms with Crippen molar-refractivity contribution in [3.05, 3.63) is 29.3 Å². The Morgan fingerprint density at radius 1 is 1.50 bits per heavy atom. The molecule has 0 saturated carbocycles. The highest BCUT2D eigenvalue weighted by Crippen LogP contribution is 2.24. The van der Waals surface area contributed by atoms with Gasteiger partial charge in [-0.3, -0.25) is 0 Å². The van der Waals surface area contributed by atoms with Crippen molar-refractivity contribution in [3.8, 4) is 5.75 Å². The predicted molar refractivity (Wildman–Crippen MR) is 53.3 cm³/mol. The van der Waals surface area contributed by atoms with Crippen LogP contribution in [0.5, 0.6) is 5.75 Å². The number of hydrogen-bond acceptors (Lipinski definition) is 2. The van der Waals surface area contributed by atoms with Gasteiger partial charge in [0.2, 0.25) is 0 Å². The van der Waals surface area contributed by atoms with Crippen molar-refractivity contribution >= 4 is 0 Å². The molecule has 0 heterocycles. The normalized spacial score (nSPS) is 12.6. The fraction of sp³-hybridized carbons (Fsp3) is 0.455. The summed E-state index contributed by atoms with van der Waals surface area (Å²) in [5.41, 5.74) is 1.46. The van der Waals surface area contributed by atoms with Gasteiger partial charge in [-0.15, -0.1) is 0 Å². The Labute approximate surface area is 83.3 Å². The number of ether oxygens (including phenoxy) is 1. The molecule has 78 valence electrons. The van der Waals surface area contributed by atoms with E-state index in [2.05, 4.69) is 0 Å². The third kappa shape index (κ3) is 2.23. The zero-order valence-corrected chi connectivity index (χ0v) is 8.46. The lowest BCUT2D eigenvalue weighted by Gasteiger charge is -2.11. The Balaban J connectivity index is 3.01. The van der Waals surface area contributed by atoms with Crippen LogP contribution in [-0.4, -0.2) is 18.8 Å². The van der Waals surface area contributed by atoms with E-state index in [4.69, 9.17) is 9.84 Å². The SMILES string of the molecule is COc1ccc(C(C)CO)cc1CF. The fourth-order valence-electron chi connectivity index (χ4n) is 1.31. The summed E-state index contributed by atoms with van der Waals surface area (Å²) in [5.74, 6) is 0.590. The monoisotopic (exact) mass is 198 g/mol. The van der Waals surface area contributed by atoms with Crippen molar-refractivity contribution in [2.45, 2.75) is 19.5 Å². The van der Waals surface area contributed by atoms with Crippen LogP contribution in [0.25, 0.3) is 0 Å². The van der Waals surface area contributed by atoms with Crippen molar-refractivity contribution in [3.63, 3.8) is 0 Å². The summed E-state index contributed by atoms with van der Waals surface area (Å²) in [6.45, 7) is 1.41. The Bertz CT molecular complexity index is 299. The summed E-state index contributed by atoms with van der Waals surface area (Å²) in [4.78, 5) is 0. The van der Waals surface area contributed by atoms with Crippen LogP contribution < -0.4 is 4.74 Å². The second-order valence-corrected chi connectivity index (χ2v) is 3.29. The summed E-state index contributed by atoms with van der Waals surface area (Å²) in [7, 11) is 1.52. The Kier molecular flexibility index (Phi) is 3.89. The van der Waals surface area contributed by atoms with E-state index < -0.39 is 6.67 Å². The van der Waals surface area contributed by atoms with Gasteiger partial charge in [0.1, 0.15) is 12.4 Å². The highest BCUT2D eigenvalue weighted by Gasteiger charge is 2.08. The molecule has 0 aromatic heterocycles. The van der Waals surface area contributed by atoms with E-state index in [-0.39, 0.29) is 12.5 Å². The van der Waals surface area contributed by atoms with Gasteiger partial charge in [0.25, 0.3) is 0 Å². The number of aliphatic hydroxyl groups is 1. The third-order valence-corrected chi connectivity index (χ3v) is 2.29. The lowest BCUT2D eigenvalue weighted by Crippen LogP contribution is -2.00. The minimum Gasteiger partial charge on any atom is -0.496 e. The molecule has 1 aromatic rings. The maximum absolute atomic E-state index is 12.6. The Morgan fingerprint density at radius 2 is 2.21 bits per heavy atom. The van der Waals surface area contributed by atoms with Crippen molar-refractivity contribution < 1.29 is 14.2 Å². The van der Waals surface area contributed by atoms with E-state index in [0.717, 1.165) is 5.56 Å². The van der Waals surface area contributed by atoms with Gasteiger partial charge in [-0.25, -0.2) is 4.39 Å². The van der Waals surface area contributed by atoms with Crippen LogP contribution in [0.4, 0.5) is 4.39 Å². The first-order chi connectivity index (χ1) is 6.72. The van der Waals surface area contributed by atoms with Crippen LogP contribution in [0.3, 0.4) is 0 Å². The summed E-state index contributed by atoms with van der Waals surface area (Å²) in [6.07, 6.45) is 0. The molecule has 0 amide bonds. The number of rotatable bonds is 4. The van der Waals surface area contributed by atoms with Gasteiger partial charge in [0, 0.05) is 18.1 Å². The highest BCUT2D eigenvalue weighted by molar-refractivity contribution is 5.38. The molecule has 2 nitrogen and oxygen atoms in total. The fourth-order valence-corrected chi connectivity index (χ4v) is 1.31. The second kappa shape index (κ2) is 4.96. The Hall–Kier alpha value is -1.09. The maximum atomic E-state index is 12.6. The molecule has 1 N–H and O–H groups in total. The Morgan fingerprint density at radius 3 is 2.71 bits per heavy atom. The predicted octanol–water partition coefficient (Wildman–Crippen LogP) is 2.26. The average molecular weight is 198 g/mol. The molecule has 0 saturated heterocycles. The zero-order valence-electron chi connectivity index (χ0n) is 8.46. The van der Waals surface area contributed by atoms with Gasteiger partial charge >= 0.3 is 0 Å². The number of hydrogen-bond donors (Lipinski definition) is 1. The maximum Gasteiger partial charge on any atom is 0.124 e. The van der Waals surface area contributed by atoms with Crippen LogP contribution in [-0.2, 0) is 6.67 Å². The summed E-state index contributed by atoms with van der Waals surface area (Å²) >= 11 is 0. The van der Waals surface area contributed by atoms with Crippen LogP contribution in [0.2, 0.25) is 0 Å². The quantitative estimate of drug-likeness (QED) is 0.804. The van der Waals surface area contributed by atoms with E-state index in [9.17, 15) is 4.39 Å². The van der Waals surface area contributed by atoms with Crippen LogP contribution in [0, 0.1) is 0 Å². The molecule has 0 spiro atoms. The summed E-state index contributed by atoms with van der Waals surface area (Å²) < 4.78 is 17.6. The first-order valence-electron chi connectivity index (χ1n) is 4.56. The smallest absolute Gasteiger partial charge is 0.124 e. The minimum atomic E-state index is -0.546. The molecule has 1 atom stereocenters. The molecule has 1 aromatic carbocycles. The molecule has 0 aliphatic rings. The molecular weight excluding hydrogens is 183 g/mol. The topological polar surface area (TPSA) is 29.5 Å². The van der Waals surface area contributed by atoms with Crippen LogP contribution in [0.15, 0.2) is 18.2 Å². The average Bonchev–Trinajstić information content (AvgIpc) is 2.26.